The van der Waals surface area contributed by atoms with Gasteiger partial charge in [0.1, 0.15) is 0 Å². The Kier molecular flexibility index (Phi) is 2.82. The van der Waals surface area contributed by atoms with Crippen LogP contribution < -0.4 is 0 Å². The molecule has 3 heteroatoms. The Hall–Kier alpha value is -0.120. The lowest BCUT2D eigenvalue weighted by atomic mass is 9.84. The number of nitrogens with zero attached hydrogens (tertiary/aromatic N) is 1. The smallest absolute Gasteiger partial charge is 0.0897 e. The van der Waals surface area contributed by atoms with Crippen LogP contribution in [0.1, 0.15) is 39.0 Å². The normalized spacial score (nSPS) is 37.9. The number of likely N-dealkylation sites (tertiary alicyclic amines) is 1. The Bertz CT molecular complexity index is 201. The molecule has 2 aliphatic rings. The van der Waals surface area contributed by atoms with Gasteiger partial charge in [-0.25, -0.2) is 0 Å². The lowest BCUT2D eigenvalue weighted by Gasteiger charge is -2.52. The number of β-amino-alcohol motifs (C(OH)–C–C–N with tert-alkyl or cyclic N) is 1. The van der Waals surface area contributed by atoms with E-state index in [-0.39, 0.29) is 6.10 Å². The Morgan fingerprint density at radius 2 is 1.93 bits per heavy atom. The highest BCUT2D eigenvalue weighted by atomic mass is 16.3. The fraction of sp³-hybridized carbons (Fsp3) is 1.00. The maximum atomic E-state index is 9.88. The van der Waals surface area contributed by atoms with Crippen LogP contribution in [0.2, 0.25) is 0 Å². The lowest BCUT2D eigenvalue weighted by Crippen LogP contribution is -2.66. The molecule has 0 aromatic heterocycles. The van der Waals surface area contributed by atoms with Gasteiger partial charge in [0.2, 0.25) is 0 Å². The van der Waals surface area contributed by atoms with E-state index in [4.69, 9.17) is 0 Å². The second-order valence-electron chi connectivity index (χ2n) is 4.90. The fourth-order valence-electron chi connectivity index (χ4n) is 2.69. The highest BCUT2D eigenvalue weighted by Gasteiger charge is 2.44. The molecule has 1 aliphatic heterocycles. The first-order valence-electron chi connectivity index (χ1n) is 5.79. The minimum atomic E-state index is -0.461. The summed E-state index contributed by atoms with van der Waals surface area (Å²) in [6.07, 6.45) is 5.08. The molecule has 3 nitrogen and oxygen atoms in total. The van der Waals surface area contributed by atoms with Crippen LogP contribution in [0.25, 0.3) is 0 Å². The molecular weight excluding hydrogens is 178 g/mol. The third kappa shape index (κ3) is 1.81. The molecule has 1 saturated carbocycles. The lowest BCUT2D eigenvalue weighted by molar-refractivity contribution is -0.140. The quantitative estimate of drug-likeness (QED) is 0.689. The van der Waals surface area contributed by atoms with Crippen LogP contribution in [0.4, 0.5) is 0 Å². The zero-order valence-corrected chi connectivity index (χ0v) is 8.95. The van der Waals surface area contributed by atoms with Crippen molar-refractivity contribution in [2.45, 2.75) is 56.8 Å². The molecule has 0 bridgehead atoms. The van der Waals surface area contributed by atoms with Gasteiger partial charge in [-0.2, -0.15) is 0 Å². The third-order valence-corrected chi connectivity index (χ3v) is 3.82. The summed E-state index contributed by atoms with van der Waals surface area (Å²) in [5.74, 6) is 0. The molecule has 0 aromatic rings. The zero-order valence-electron chi connectivity index (χ0n) is 8.95. The highest BCUT2D eigenvalue weighted by Crippen LogP contribution is 2.32. The topological polar surface area (TPSA) is 43.7 Å². The fourth-order valence-corrected chi connectivity index (χ4v) is 2.69. The maximum absolute atomic E-state index is 9.88. The molecule has 2 N–H and O–H groups in total. The predicted octanol–water partition coefficient (Wildman–Crippen LogP) is 0.747. The van der Waals surface area contributed by atoms with E-state index in [0.29, 0.717) is 6.04 Å². The van der Waals surface area contributed by atoms with Gasteiger partial charge in [0.05, 0.1) is 11.7 Å². The summed E-state index contributed by atoms with van der Waals surface area (Å²) in [6.45, 7) is 3.53. The summed E-state index contributed by atoms with van der Waals surface area (Å²) in [6, 6.07) is 0.315. The Balaban J connectivity index is 1.86. The van der Waals surface area contributed by atoms with Crippen LogP contribution in [-0.4, -0.2) is 45.9 Å². The van der Waals surface area contributed by atoms with Gasteiger partial charge < -0.3 is 10.2 Å². The van der Waals surface area contributed by atoms with Gasteiger partial charge in [-0.15, -0.1) is 0 Å². The molecule has 0 amide bonds. The monoisotopic (exact) mass is 199 g/mol. The zero-order chi connectivity index (χ0) is 10.2. The minimum absolute atomic E-state index is 0.162. The summed E-state index contributed by atoms with van der Waals surface area (Å²) in [7, 11) is 0. The minimum Gasteiger partial charge on any atom is -0.391 e. The van der Waals surface area contributed by atoms with Crippen LogP contribution in [0.15, 0.2) is 0 Å². The second kappa shape index (κ2) is 3.80. The van der Waals surface area contributed by atoms with Gasteiger partial charge in [-0.3, -0.25) is 4.90 Å². The maximum Gasteiger partial charge on any atom is 0.0897 e. The number of hydrogen-bond donors (Lipinski definition) is 2. The van der Waals surface area contributed by atoms with E-state index in [1.54, 1.807) is 0 Å². The van der Waals surface area contributed by atoms with Crippen LogP contribution in [0.3, 0.4) is 0 Å². The van der Waals surface area contributed by atoms with Gasteiger partial charge >= 0.3 is 0 Å². The first kappa shape index (κ1) is 10.4. The van der Waals surface area contributed by atoms with Crippen molar-refractivity contribution in [2.24, 2.45) is 0 Å². The second-order valence-corrected chi connectivity index (χ2v) is 4.90. The third-order valence-electron chi connectivity index (χ3n) is 3.82. The molecule has 0 radical (unpaired) electrons. The average Bonchev–Trinajstić information content (AvgIpc) is 2.14. The largest absolute Gasteiger partial charge is 0.391 e. The molecule has 1 saturated heterocycles. The number of hydrogen-bond acceptors (Lipinski definition) is 3. The summed E-state index contributed by atoms with van der Waals surface area (Å²) in [5, 5.41) is 19.7. The molecule has 2 rings (SSSR count). The molecule has 0 spiro atoms. The standard InChI is InChI=1S/C11H21NO2/c1-2-11(14)7-12(8-11)9-5-3-4-6-10(9)13/h9-10,13-14H,2-8H2,1H3. The number of aliphatic hydroxyl groups is 2. The van der Waals surface area contributed by atoms with E-state index in [1.807, 2.05) is 6.92 Å². The van der Waals surface area contributed by atoms with Gasteiger partial charge in [-0.05, 0) is 19.3 Å². The average molecular weight is 199 g/mol. The van der Waals surface area contributed by atoms with E-state index in [0.717, 1.165) is 38.8 Å². The molecule has 14 heavy (non-hydrogen) atoms. The van der Waals surface area contributed by atoms with Crippen molar-refractivity contribution in [2.75, 3.05) is 13.1 Å². The first-order valence-corrected chi connectivity index (χ1v) is 5.79. The van der Waals surface area contributed by atoms with Crippen molar-refractivity contribution >= 4 is 0 Å². The Morgan fingerprint density at radius 1 is 1.29 bits per heavy atom. The van der Waals surface area contributed by atoms with Crippen molar-refractivity contribution < 1.29 is 10.2 Å². The summed E-state index contributed by atoms with van der Waals surface area (Å²) >= 11 is 0. The van der Waals surface area contributed by atoms with Crippen molar-refractivity contribution in [3.05, 3.63) is 0 Å². The molecule has 2 atom stereocenters. The summed E-state index contributed by atoms with van der Waals surface area (Å²) < 4.78 is 0. The summed E-state index contributed by atoms with van der Waals surface area (Å²) in [5.41, 5.74) is -0.461. The Morgan fingerprint density at radius 3 is 2.50 bits per heavy atom. The van der Waals surface area contributed by atoms with E-state index in [1.165, 1.54) is 6.42 Å². The Labute approximate surface area is 85.7 Å². The van der Waals surface area contributed by atoms with Crippen LogP contribution >= 0.6 is 0 Å². The van der Waals surface area contributed by atoms with E-state index in [2.05, 4.69) is 4.90 Å². The molecule has 2 unspecified atom stereocenters. The van der Waals surface area contributed by atoms with Gasteiger partial charge in [0.15, 0.2) is 0 Å². The molecule has 1 heterocycles. The van der Waals surface area contributed by atoms with E-state index >= 15 is 0 Å². The van der Waals surface area contributed by atoms with Crippen LogP contribution in [-0.2, 0) is 0 Å². The van der Waals surface area contributed by atoms with Crippen molar-refractivity contribution in [1.29, 1.82) is 0 Å². The number of aliphatic hydroxyl groups excluding tert-OH is 1. The van der Waals surface area contributed by atoms with Crippen LogP contribution in [0, 0.1) is 0 Å². The van der Waals surface area contributed by atoms with Crippen LogP contribution in [0.5, 0.6) is 0 Å². The highest BCUT2D eigenvalue weighted by molar-refractivity contribution is 4.99. The van der Waals surface area contributed by atoms with Crippen molar-refractivity contribution in [3.63, 3.8) is 0 Å². The first-order chi connectivity index (χ1) is 6.64. The van der Waals surface area contributed by atoms with Gasteiger partial charge in [0.25, 0.3) is 0 Å². The molecule has 82 valence electrons. The summed E-state index contributed by atoms with van der Waals surface area (Å²) in [4.78, 5) is 2.24. The van der Waals surface area contributed by atoms with E-state index < -0.39 is 5.60 Å². The molecule has 2 fully saturated rings. The molecule has 1 aliphatic carbocycles. The van der Waals surface area contributed by atoms with Crippen molar-refractivity contribution in [1.82, 2.24) is 4.90 Å². The molecule has 0 aromatic carbocycles. The van der Waals surface area contributed by atoms with Gasteiger partial charge in [-0.1, -0.05) is 19.8 Å². The van der Waals surface area contributed by atoms with Gasteiger partial charge in [0, 0.05) is 19.1 Å². The number of rotatable bonds is 2. The SMILES string of the molecule is CCC1(O)CN(C2CCCCC2O)C1. The molecular formula is C11H21NO2. The van der Waals surface area contributed by atoms with E-state index in [9.17, 15) is 10.2 Å². The predicted molar refractivity (Wildman–Crippen MR) is 55.1 cm³/mol. The van der Waals surface area contributed by atoms with Crippen molar-refractivity contribution in [3.8, 4) is 0 Å².